The van der Waals surface area contributed by atoms with Gasteiger partial charge in [-0.1, -0.05) is 59.3 Å². The Bertz CT molecular complexity index is 323. The van der Waals surface area contributed by atoms with Gasteiger partial charge in [0.25, 0.3) is 0 Å². The van der Waals surface area contributed by atoms with Crippen LogP contribution in [0, 0.1) is 5.41 Å². The summed E-state index contributed by atoms with van der Waals surface area (Å²) in [5.74, 6) is -0.0724. The van der Waals surface area contributed by atoms with E-state index in [9.17, 15) is 4.79 Å². The highest BCUT2D eigenvalue weighted by Gasteiger charge is 2.46. The minimum Gasteiger partial charge on any atom is -0.369 e. The van der Waals surface area contributed by atoms with Crippen molar-refractivity contribution >= 4 is 5.91 Å². The van der Waals surface area contributed by atoms with Crippen LogP contribution in [0.15, 0.2) is 0 Å². The number of rotatable bonds is 14. The van der Waals surface area contributed by atoms with E-state index < -0.39 is 0 Å². The molecular weight excluding hydrogens is 296 g/mol. The van der Waals surface area contributed by atoms with Crippen LogP contribution in [-0.2, 0) is 4.79 Å². The minimum absolute atomic E-state index is 0.0724. The molecule has 0 aliphatic carbocycles. The zero-order chi connectivity index (χ0) is 18.8. The zero-order valence-corrected chi connectivity index (χ0v) is 17.5. The fourth-order valence-electron chi connectivity index (χ4n) is 4.28. The lowest BCUT2D eigenvalue weighted by atomic mass is 9.69. The Morgan fingerprint density at radius 3 is 1.58 bits per heavy atom. The maximum Gasteiger partial charge on any atom is 0.225 e. The van der Waals surface area contributed by atoms with Gasteiger partial charge in [0.15, 0.2) is 0 Å². The van der Waals surface area contributed by atoms with Gasteiger partial charge >= 0.3 is 0 Å². The molecule has 0 heterocycles. The number of nitrogens with zero attached hydrogens (tertiary/aromatic N) is 1. The molecule has 0 saturated heterocycles. The highest BCUT2D eigenvalue weighted by Crippen LogP contribution is 2.41. The molecule has 0 aromatic rings. The van der Waals surface area contributed by atoms with Crippen molar-refractivity contribution in [2.24, 2.45) is 11.1 Å². The molecule has 0 spiro atoms. The van der Waals surface area contributed by atoms with Gasteiger partial charge in [-0.2, -0.15) is 0 Å². The van der Waals surface area contributed by atoms with Gasteiger partial charge in [-0.3, -0.25) is 9.69 Å². The summed E-state index contributed by atoms with van der Waals surface area (Å²) in [7, 11) is 0. The highest BCUT2D eigenvalue weighted by molar-refractivity contribution is 5.81. The molecule has 3 heteroatoms. The Balaban J connectivity index is 5.94. The number of unbranched alkanes of at least 4 members (excludes halogenated alkanes) is 3. The van der Waals surface area contributed by atoms with Crippen molar-refractivity contribution < 1.29 is 4.79 Å². The molecule has 144 valence electrons. The number of hydrogen-bond donors (Lipinski definition) is 1. The van der Waals surface area contributed by atoms with E-state index in [1.807, 2.05) is 0 Å². The maximum absolute atomic E-state index is 12.8. The van der Waals surface area contributed by atoms with Crippen LogP contribution in [0.4, 0.5) is 0 Å². The molecular formula is C21H44N2O. The summed E-state index contributed by atoms with van der Waals surface area (Å²) >= 11 is 0. The third-order valence-corrected chi connectivity index (χ3v) is 5.47. The lowest BCUT2D eigenvalue weighted by molar-refractivity contribution is -0.135. The predicted molar refractivity (Wildman–Crippen MR) is 106 cm³/mol. The van der Waals surface area contributed by atoms with E-state index >= 15 is 0 Å². The Hall–Kier alpha value is -0.570. The smallest absolute Gasteiger partial charge is 0.225 e. The summed E-state index contributed by atoms with van der Waals surface area (Å²) in [5.41, 5.74) is 5.72. The van der Waals surface area contributed by atoms with Crippen molar-refractivity contribution in [3.8, 4) is 0 Å². The maximum atomic E-state index is 12.8. The average molecular weight is 341 g/mol. The summed E-state index contributed by atoms with van der Waals surface area (Å²) in [4.78, 5) is 15.3. The Labute approximate surface area is 151 Å². The summed E-state index contributed by atoms with van der Waals surface area (Å²) in [6.45, 7) is 15.7. The molecule has 2 N–H and O–H groups in total. The zero-order valence-electron chi connectivity index (χ0n) is 17.5. The first kappa shape index (κ1) is 23.4. The van der Waals surface area contributed by atoms with Crippen molar-refractivity contribution in [2.75, 3.05) is 0 Å². The fourth-order valence-corrected chi connectivity index (χ4v) is 4.28. The van der Waals surface area contributed by atoms with Gasteiger partial charge in [-0.05, 0) is 47.0 Å². The van der Waals surface area contributed by atoms with E-state index in [1.54, 1.807) is 0 Å². The average Bonchev–Trinajstić information content (AvgIpc) is 2.51. The Morgan fingerprint density at radius 2 is 1.29 bits per heavy atom. The molecule has 0 aromatic carbocycles. The second-order valence-electron chi connectivity index (χ2n) is 8.02. The van der Waals surface area contributed by atoms with E-state index in [2.05, 4.69) is 53.4 Å². The number of carbonyl (C=O) groups is 1. The van der Waals surface area contributed by atoms with Crippen molar-refractivity contribution in [1.82, 2.24) is 4.90 Å². The second kappa shape index (κ2) is 11.9. The van der Waals surface area contributed by atoms with Crippen LogP contribution >= 0.6 is 0 Å². The highest BCUT2D eigenvalue weighted by atomic mass is 16.1. The lowest BCUT2D eigenvalue weighted by Gasteiger charge is -2.48. The molecule has 0 aliphatic rings. The molecule has 0 aromatic heterocycles. The van der Waals surface area contributed by atoms with E-state index in [0.29, 0.717) is 12.1 Å². The van der Waals surface area contributed by atoms with Crippen LogP contribution in [0.2, 0.25) is 0 Å². The molecule has 3 nitrogen and oxygen atoms in total. The molecule has 0 fully saturated rings. The number of primary amides is 1. The monoisotopic (exact) mass is 340 g/mol. The van der Waals surface area contributed by atoms with E-state index in [4.69, 9.17) is 5.73 Å². The standard InChI is InChI=1S/C21H44N2O/c1-8-11-14-19(23(17(4)5)18(6)7)21(20(22)24,15-12-9-2)16-13-10-3/h17-19H,8-16H2,1-7H3,(H2,22,24). The summed E-state index contributed by atoms with van der Waals surface area (Å²) in [6.07, 6.45) is 9.66. The van der Waals surface area contributed by atoms with Crippen LogP contribution in [0.1, 0.15) is 106 Å². The summed E-state index contributed by atoms with van der Waals surface area (Å²) in [5, 5.41) is 0. The molecule has 24 heavy (non-hydrogen) atoms. The molecule has 1 atom stereocenters. The second-order valence-corrected chi connectivity index (χ2v) is 8.02. The summed E-state index contributed by atoms with van der Waals surface area (Å²) in [6, 6.07) is 1.11. The predicted octanol–water partition coefficient (Wildman–Crippen LogP) is 5.52. The van der Waals surface area contributed by atoms with E-state index in [0.717, 1.165) is 57.8 Å². The first-order valence-corrected chi connectivity index (χ1v) is 10.4. The first-order chi connectivity index (χ1) is 11.3. The SMILES string of the molecule is CCCCC(N(C(C)C)C(C)C)C(CCCC)(CCCC)C(N)=O. The number of carbonyl (C=O) groups excluding carboxylic acids is 1. The quantitative estimate of drug-likeness (QED) is 0.453. The lowest BCUT2D eigenvalue weighted by Crippen LogP contribution is -2.58. The summed E-state index contributed by atoms with van der Waals surface area (Å²) < 4.78 is 0. The van der Waals surface area contributed by atoms with Gasteiger partial charge in [0.1, 0.15) is 0 Å². The van der Waals surface area contributed by atoms with Crippen molar-refractivity contribution in [1.29, 1.82) is 0 Å². The number of amides is 1. The van der Waals surface area contributed by atoms with Gasteiger partial charge < -0.3 is 5.73 Å². The van der Waals surface area contributed by atoms with Crippen LogP contribution in [0.3, 0.4) is 0 Å². The van der Waals surface area contributed by atoms with E-state index in [-0.39, 0.29) is 17.4 Å². The van der Waals surface area contributed by atoms with Gasteiger partial charge in [0.05, 0.1) is 5.41 Å². The van der Waals surface area contributed by atoms with Crippen LogP contribution < -0.4 is 5.73 Å². The number of nitrogens with two attached hydrogens (primary N) is 1. The molecule has 0 radical (unpaired) electrons. The third-order valence-electron chi connectivity index (χ3n) is 5.47. The number of hydrogen-bond acceptors (Lipinski definition) is 2. The molecule has 1 unspecified atom stereocenters. The van der Waals surface area contributed by atoms with Crippen molar-refractivity contribution in [2.45, 2.75) is 124 Å². The Kier molecular flexibility index (Phi) is 11.6. The van der Waals surface area contributed by atoms with Crippen molar-refractivity contribution in [3.63, 3.8) is 0 Å². The fraction of sp³-hybridized carbons (Fsp3) is 0.952. The van der Waals surface area contributed by atoms with Crippen LogP contribution in [0.25, 0.3) is 0 Å². The van der Waals surface area contributed by atoms with Gasteiger partial charge in [0.2, 0.25) is 5.91 Å². The van der Waals surface area contributed by atoms with E-state index in [1.165, 1.54) is 0 Å². The van der Waals surface area contributed by atoms with Crippen LogP contribution in [-0.4, -0.2) is 28.9 Å². The molecule has 0 aliphatic heterocycles. The third kappa shape index (κ3) is 6.38. The Morgan fingerprint density at radius 1 is 0.875 bits per heavy atom. The van der Waals surface area contributed by atoms with Gasteiger partial charge in [0, 0.05) is 18.1 Å². The molecule has 0 saturated carbocycles. The normalized spacial score (nSPS) is 13.9. The van der Waals surface area contributed by atoms with Crippen molar-refractivity contribution in [3.05, 3.63) is 0 Å². The van der Waals surface area contributed by atoms with Gasteiger partial charge in [-0.25, -0.2) is 0 Å². The molecule has 1 amide bonds. The molecule has 0 rings (SSSR count). The molecule has 0 bridgehead atoms. The minimum atomic E-state index is -0.379. The first-order valence-electron chi connectivity index (χ1n) is 10.4. The van der Waals surface area contributed by atoms with Gasteiger partial charge in [-0.15, -0.1) is 0 Å². The topological polar surface area (TPSA) is 46.3 Å². The van der Waals surface area contributed by atoms with Crippen LogP contribution in [0.5, 0.6) is 0 Å². The largest absolute Gasteiger partial charge is 0.369 e.